The Morgan fingerprint density at radius 1 is 1.67 bits per heavy atom. The summed E-state index contributed by atoms with van der Waals surface area (Å²) in [5.74, 6) is 0. The van der Waals surface area contributed by atoms with Crippen LogP contribution in [0.15, 0.2) is 0 Å². The van der Waals surface area contributed by atoms with Gasteiger partial charge in [0.05, 0.1) is 6.10 Å². The van der Waals surface area contributed by atoms with E-state index in [4.69, 9.17) is 4.74 Å². The molecule has 2 heteroatoms. The third kappa shape index (κ3) is 2.82. The topological polar surface area (TPSA) is 21.3 Å². The van der Waals surface area contributed by atoms with Crippen LogP contribution in [-0.4, -0.2) is 25.8 Å². The van der Waals surface area contributed by atoms with Gasteiger partial charge < -0.3 is 10.1 Å². The lowest BCUT2D eigenvalue weighted by atomic mass is 10.4. The zero-order chi connectivity index (χ0) is 6.69. The maximum atomic E-state index is 5.07. The number of methoxy groups -OCH3 is 1. The molecular formula is C7H15NO. The molecule has 2 nitrogen and oxygen atoms in total. The van der Waals surface area contributed by atoms with Crippen LogP contribution >= 0.6 is 0 Å². The van der Waals surface area contributed by atoms with E-state index in [9.17, 15) is 0 Å². The van der Waals surface area contributed by atoms with Gasteiger partial charge in [-0.1, -0.05) is 0 Å². The van der Waals surface area contributed by atoms with Crippen molar-refractivity contribution >= 4 is 0 Å². The first-order valence-electron chi connectivity index (χ1n) is 3.59. The number of hydrogen-bond donors (Lipinski definition) is 1. The standard InChI is InChI=1S/C7H15NO/c1-6(9-2)5-8-7-3-4-7/h6-8H,3-5H2,1-2H3. The Kier molecular flexibility index (Phi) is 2.49. The van der Waals surface area contributed by atoms with Crippen LogP contribution in [0.4, 0.5) is 0 Å². The lowest BCUT2D eigenvalue weighted by molar-refractivity contribution is 0.117. The Morgan fingerprint density at radius 3 is 2.78 bits per heavy atom. The second-order valence-electron chi connectivity index (χ2n) is 2.73. The second kappa shape index (κ2) is 3.18. The summed E-state index contributed by atoms with van der Waals surface area (Å²) in [5.41, 5.74) is 0. The molecule has 1 rings (SSSR count). The molecule has 1 saturated carbocycles. The van der Waals surface area contributed by atoms with Crippen molar-refractivity contribution in [2.75, 3.05) is 13.7 Å². The summed E-state index contributed by atoms with van der Waals surface area (Å²) in [6.45, 7) is 3.08. The highest BCUT2D eigenvalue weighted by Gasteiger charge is 2.20. The largest absolute Gasteiger partial charge is 0.380 e. The Labute approximate surface area is 56.6 Å². The molecule has 0 heterocycles. The highest BCUT2D eigenvalue weighted by atomic mass is 16.5. The second-order valence-corrected chi connectivity index (χ2v) is 2.73. The van der Waals surface area contributed by atoms with Crippen LogP contribution in [0.2, 0.25) is 0 Å². The lowest BCUT2D eigenvalue weighted by Gasteiger charge is -2.08. The van der Waals surface area contributed by atoms with Crippen LogP contribution < -0.4 is 5.32 Å². The van der Waals surface area contributed by atoms with Gasteiger partial charge in [0.1, 0.15) is 0 Å². The van der Waals surface area contributed by atoms with E-state index in [0.29, 0.717) is 6.10 Å². The summed E-state index contributed by atoms with van der Waals surface area (Å²) in [7, 11) is 1.75. The van der Waals surface area contributed by atoms with Gasteiger partial charge in [-0.2, -0.15) is 0 Å². The molecule has 0 aliphatic heterocycles. The lowest BCUT2D eigenvalue weighted by Crippen LogP contribution is -2.27. The van der Waals surface area contributed by atoms with E-state index < -0.39 is 0 Å². The van der Waals surface area contributed by atoms with Gasteiger partial charge in [-0.3, -0.25) is 0 Å². The third-order valence-electron chi connectivity index (χ3n) is 1.67. The minimum atomic E-state index is 0.366. The summed E-state index contributed by atoms with van der Waals surface area (Å²) in [5, 5.41) is 3.38. The van der Waals surface area contributed by atoms with Crippen LogP contribution in [-0.2, 0) is 4.74 Å². The molecule has 0 aromatic carbocycles. The fourth-order valence-corrected chi connectivity index (χ4v) is 0.703. The molecule has 1 aliphatic rings. The smallest absolute Gasteiger partial charge is 0.0667 e. The maximum absolute atomic E-state index is 5.07. The first kappa shape index (κ1) is 7.03. The average Bonchev–Trinajstić information content (AvgIpc) is 2.65. The average molecular weight is 129 g/mol. The first-order chi connectivity index (χ1) is 4.33. The van der Waals surface area contributed by atoms with Gasteiger partial charge in [0.15, 0.2) is 0 Å². The van der Waals surface area contributed by atoms with Gasteiger partial charge in [0.2, 0.25) is 0 Å². The third-order valence-corrected chi connectivity index (χ3v) is 1.67. The summed E-state index contributed by atoms with van der Waals surface area (Å²) in [4.78, 5) is 0. The molecule has 1 atom stereocenters. The van der Waals surface area contributed by atoms with Crippen LogP contribution in [0.25, 0.3) is 0 Å². The molecule has 0 bridgehead atoms. The van der Waals surface area contributed by atoms with Crippen molar-refractivity contribution in [2.24, 2.45) is 0 Å². The van der Waals surface area contributed by atoms with E-state index in [2.05, 4.69) is 12.2 Å². The first-order valence-corrected chi connectivity index (χ1v) is 3.59. The van der Waals surface area contributed by atoms with Gasteiger partial charge >= 0.3 is 0 Å². The number of rotatable bonds is 4. The van der Waals surface area contributed by atoms with Gasteiger partial charge in [-0.15, -0.1) is 0 Å². The monoisotopic (exact) mass is 129 g/mol. The Bertz CT molecular complexity index is 81.0. The van der Waals surface area contributed by atoms with Crippen molar-refractivity contribution in [1.29, 1.82) is 0 Å². The van der Waals surface area contributed by atoms with Crippen molar-refractivity contribution in [2.45, 2.75) is 31.9 Å². The highest BCUT2D eigenvalue weighted by molar-refractivity contribution is 4.81. The maximum Gasteiger partial charge on any atom is 0.0667 e. The normalized spacial score (nSPS) is 22.0. The minimum absolute atomic E-state index is 0.366. The Hall–Kier alpha value is -0.0800. The van der Waals surface area contributed by atoms with Gasteiger partial charge in [0.25, 0.3) is 0 Å². The van der Waals surface area contributed by atoms with E-state index in [0.717, 1.165) is 12.6 Å². The van der Waals surface area contributed by atoms with E-state index >= 15 is 0 Å². The fourth-order valence-electron chi connectivity index (χ4n) is 0.703. The predicted octanol–water partition coefficient (Wildman–Crippen LogP) is 0.773. The highest BCUT2D eigenvalue weighted by Crippen LogP contribution is 2.18. The van der Waals surface area contributed by atoms with Crippen molar-refractivity contribution in [3.8, 4) is 0 Å². The molecule has 0 radical (unpaired) electrons. The van der Waals surface area contributed by atoms with Crippen molar-refractivity contribution in [1.82, 2.24) is 5.32 Å². The molecular weight excluding hydrogens is 114 g/mol. The van der Waals surface area contributed by atoms with Crippen molar-refractivity contribution in [3.05, 3.63) is 0 Å². The van der Waals surface area contributed by atoms with Crippen LogP contribution in [0.1, 0.15) is 19.8 Å². The summed E-state index contributed by atoms with van der Waals surface area (Å²) >= 11 is 0. The molecule has 0 aromatic rings. The predicted molar refractivity (Wildman–Crippen MR) is 37.5 cm³/mol. The van der Waals surface area contributed by atoms with Gasteiger partial charge in [0, 0.05) is 19.7 Å². The molecule has 54 valence electrons. The molecule has 1 aliphatic carbocycles. The summed E-state index contributed by atoms with van der Waals surface area (Å²) < 4.78 is 5.07. The quantitative estimate of drug-likeness (QED) is 0.605. The van der Waals surface area contributed by atoms with E-state index in [1.165, 1.54) is 12.8 Å². The Morgan fingerprint density at radius 2 is 2.33 bits per heavy atom. The molecule has 0 aromatic heterocycles. The summed E-state index contributed by atoms with van der Waals surface area (Å²) in [6, 6.07) is 0.808. The van der Waals surface area contributed by atoms with E-state index in [1.807, 2.05) is 0 Å². The molecule has 0 amide bonds. The van der Waals surface area contributed by atoms with Gasteiger partial charge in [-0.25, -0.2) is 0 Å². The molecule has 1 unspecified atom stereocenters. The minimum Gasteiger partial charge on any atom is -0.380 e. The van der Waals surface area contributed by atoms with Crippen LogP contribution in [0.5, 0.6) is 0 Å². The van der Waals surface area contributed by atoms with Crippen molar-refractivity contribution in [3.63, 3.8) is 0 Å². The molecule has 0 saturated heterocycles. The Balaban J connectivity index is 1.90. The SMILES string of the molecule is COC(C)CNC1CC1. The number of ether oxygens (including phenoxy) is 1. The molecule has 1 N–H and O–H groups in total. The van der Waals surface area contributed by atoms with E-state index in [1.54, 1.807) is 7.11 Å². The van der Waals surface area contributed by atoms with E-state index in [-0.39, 0.29) is 0 Å². The molecule has 9 heavy (non-hydrogen) atoms. The zero-order valence-electron chi connectivity index (χ0n) is 6.18. The molecule has 1 fully saturated rings. The van der Waals surface area contributed by atoms with Crippen LogP contribution in [0, 0.1) is 0 Å². The van der Waals surface area contributed by atoms with Crippen molar-refractivity contribution < 1.29 is 4.74 Å². The summed E-state index contributed by atoms with van der Waals surface area (Å²) in [6.07, 6.45) is 3.08. The van der Waals surface area contributed by atoms with Gasteiger partial charge in [-0.05, 0) is 19.8 Å². The number of hydrogen-bond acceptors (Lipinski definition) is 2. The van der Waals surface area contributed by atoms with Crippen LogP contribution in [0.3, 0.4) is 0 Å². The zero-order valence-corrected chi connectivity index (χ0v) is 6.18. The molecule has 0 spiro atoms. The fraction of sp³-hybridized carbons (Fsp3) is 1.00. The number of nitrogens with one attached hydrogen (secondary N) is 1.